The molecule has 29 heavy (non-hydrogen) atoms. The zero-order valence-electron chi connectivity index (χ0n) is 16.7. The van der Waals surface area contributed by atoms with E-state index in [-0.39, 0.29) is 17.5 Å². The molecule has 0 bridgehead atoms. The van der Waals surface area contributed by atoms with Gasteiger partial charge in [-0.25, -0.2) is 0 Å². The summed E-state index contributed by atoms with van der Waals surface area (Å²) >= 11 is 0. The zero-order valence-corrected chi connectivity index (χ0v) is 16.7. The minimum absolute atomic E-state index is 0.235. The molecule has 0 atom stereocenters. The number of benzene rings is 2. The van der Waals surface area contributed by atoms with E-state index in [0.717, 1.165) is 44.0 Å². The fourth-order valence-corrected chi connectivity index (χ4v) is 3.13. The van der Waals surface area contributed by atoms with Gasteiger partial charge in [-0.15, -0.1) is 0 Å². The summed E-state index contributed by atoms with van der Waals surface area (Å²) in [4.78, 5) is 26.8. The van der Waals surface area contributed by atoms with E-state index in [2.05, 4.69) is 10.6 Å². The standard InChI is InChI=1S/C23H27N3O3/c1-18-7-9-20(10-8-18)22(27)25-21(17-19-5-3-2-4-6-19)23(28)24-11-12-26-13-15-29-16-14-26/h2-10,17H,11-16H2,1H3,(H,24,28)(H,25,27)/p+1/b21-17-. The maximum Gasteiger partial charge on any atom is 0.268 e. The molecule has 1 saturated heterocycles. The Morgan fingerprint density at radius 3 is 2.41 bits per heavy atom. The number of carbonyl (C=O) groups is 2. The van der Waals surface area contributed by atoms with Crippen LogP contribution in [0.1, 0.15) is 21.5 Å². The first-order valence-corrected chi connectivity index (χ1v) is 9.96. The summed E-state index contributed by atoms with van der Waals surface area (Å²) in [6, 6.07) is 16.7. The van der Waals surface area contributed by atoms with Crippen LogP contribution in [0.15, 0.2) is 60.3 Å². The van der Waals surface area contributed by atoms with E-state index >= 15 is 0 Å². The number of hydrogen-bond donors (Lipinski definition) is 3. The predicted octanol–water partition coefficient (Wildman–Crippen LogP) is 0.797. The molecule has 0 saturated carbocycles. The molecule has 0 spiro atoms. The molecule has 152 valence electrons. The van der Waals surface area contributed by atoms with Gasteiger partial charge in [-0.1, -0.05) is 48.0 Å². The predicted molar refractivity (Wildman–Crippen MR) is 112 cm³/mol. The van der Waals surface area contributed by atoms with Crippen molar-refractivity contribution in [3.8, 4) is 0 Å². The van der Waals surface area contributed by atoms with E-state index in [9.17, 15) is 9.59 Å². The fraction of sp³-hybridized carbons (Fsp3) is 0.304. The van der Waals surface area contributed by atoms with Gasteiger partial charge in [0.2, 0.25) is 0 Å². The van der Waals surface area contributed by atoms with Crippen LogP contribution < -0.4 is 15.5 Å². The number of hydrogen-bond acceptors (Lipinski definition) is 3. The van der Waals surface area contributed by atoms with Crippen molar-refractivity contribution in [3.05, 3.63) is 77.0 Å². The number of carbonyl (C=O) groups excluding carboxylic acids is 2. The third-order valence-corrected chi connectivity index (χ3v) is 4.88. The molecule has 2 aromatic carbocycles. The summed E-state index contributed by atoms with van der Waals surface area (Å²) in [5, 5.41) is 5.71. The van der Waals surface area contributed by atoms with Gasteiger partial charge in [-0.2, -0.15) is 0 Å². The smallest absolute Gasteiger partial charge is 0.268 e. The molecule has 1 fully saturated rings. The lowest BCUT2D eigenvalue weighted by Crippen LogP contribution is -3.14. The molecule has 0 aliphatic carbocycles. The molecule has 3 N–H and O–H groups in total. The van der Waals surface area contributed by atoms with Crippen molar-refractivity contribution in [2.24, 2.45) is 0 Å². The van der Waals surface area contributed by atoms with Gasteiger partial charge >= 0.3 is 0 Å². The molecule has 2 amide bonds. The van der Waals surface area contributed by atoms with Gasteiger partial charge in [0.25, 0.3) is 11.8 Å². The largest absolute Gasteiger partial charge is 0.370 e. The molecule has 1 aliphatic heterocycles. The summed E-state index contributed by atoms with van der Waals surface area (Å²) in [6.07, 6.45) is 1.70. The van der Waals surface area contributed by atoms with E-state index in [0.29, 0.717) is 12.1 Å². The fourth-order valence-electron chi connectivity index (χ4n) is 3.13. The second-order valence-electron chi connectivity index (χ2n) is 7.16. The topological polar surface area (TPSA) is 71.9 Å². The Hall–Kier alpha value is -2.96. The maximum atomic E-state index is 12.8. The summed E-state index contributed by atoms with van der Waals surface area (Å²) in [7, 11) is 0. The molecule has 0 unspecified atom stereocenters. The Labute approximate surface area is 171 Å². The Morgan fingerprint density at radius 1 is 1.03 bits per heavy atom. The Bertz CT molecular complexity index is 841. The first-order chi connectivity index (χ1) is 14.1. The van der Waals surface area contributed by atoms with Crippen LogP contribution in [0, 0.1) is 6.92 Å². The highest BCUT2D eigenvalue weighted by atomic mass is 16.5. The molecule has 6 nitrogen and oxygen atoms in total. The highest BCUT2D eigenvalue weighted by Gasteiger charge is 2.17. The summed E-state index contributed by atoms with van der Waals surface area (Å²) in [6.45, 7) is 6.76. The zero-order chi connectivity index (χ0) is 20.5. The number of rotatable bonds is 7. The summed E-state index contributed by atoms with van der Waals surface area (Å²) in [5.74, 6) is -0.594. The maximum absolute atomic E-state index is 12.8. The Kier molecular flexibility index (Phi) is 7.55. The van der Waals surface area contributed by atoms with Gasteiger partial charge in [0.05, 0.1) is 26.3 Å². The van der Waals surface area contributed by atoms with Crippen LogP contribution >= 0.6 is 0 Å². The van der Waals surface area contributed by atoms with Crippen molar-refractivity contribution >= 4 is 17.9 Å². The van der Waals surface area contributed by atoms with Crippen LogP contribution in [0.4, 0.5) is 0 Å². The quantitative estimate of drug-likeness (QED) is 0.609. The second-order valence-corrected chi connectivity index (χ2v) is 7.16. The van der Waals surface area contributed by atoms with Crippen LogP contribution in [0.3, 0.4) is 0 Å². The highest BCUT2D eigenvalue weighted by Crippen LogP contribution is 2.08. The van der Waals surface area contributed by atoms with Gasteiger partial charge in [0.1, 0.15) is 18.8 Å². The second kappa shape index (κ2) is 10.5. The van der Waals surface area contributed by atoms with Gasteiger partial charge in [-0.3, -0.25) is 9.59 Å². The Morgan fingerprint density at radius 2 is 1.72 bits per heavy atom. The van der Waals surface area contributed by atoms with E-state index in [1.165, 1.54) is 4.90 Å². The molecule has 6 heteroatoms. The number of amides is 2. The molecule has 1 heterocycles. The van der Waals surface area contributed by atoms with Gasteiger partial charge in [0.15, 0.2) is 0 Å². The third-order valence-electron chi connectivity index (χ3n) is 4.88. The minimum Gasteiger partial charge on any atom is -0.370 e. The van der Waals surface area contributed by atoms with E-state index in [1.807, 2.05) is 49.4 Å². The summed E-state index contributed by atoms with van der Waals surface area (Å²) in [5.41, 5.74) is 2.67. The third kappa shape index (κ3) is 6.55. The molecular weight excluding hydrogens is 366 g/mol. The number of quaternary nitrogens is 1. The number of morpholine rings is 1. The lowest BCUT2D eigenvalue weighted by atomic mass is 10.1. The van der Waals surface area contributed by atoms with E-state index in [4.69, 9.17) is 4.74 Å². The van der Waals surface area contributed by atoms with Crippen molar-refractivity contribution in [1.29, 1.82) is 0 Å². The highest BCUT2D eigenvalue weighted by molar-refractivity contribution is 6.05. The molecule has 3 rings (SSSR count). The minimum atomic E-state index is -0.305. The average molecular weight is 394 g/mol. The number of ether oxygens (including phenoxy) is 1. The summed E-state index contributed by atoms with van der Waals surface area (Å²) < 4.78 is 5.36. The lowest BCUT2D eigenvalue weighted by molar-refractivity contribution is -0.906. The number of nitrogens with one attached hydrogen (secondary N) is 3. The van der Waals surface area contributed by atoms with Gasteiger partial charge in [-0.05, 0) is 30.7 Å². The van der Waals surface area contributed by atoms with Crippen molar-refractivity contribution in [2.45, 2.75) is 6.92 Å². The van der Waals surface area contributed by atoms with Crippen LogP contribution in [0.2, 0.25) is 0 Å². The molecule has 0 aromatic heterocycles. The first kappa shape index (κ1) is 20.8. The van der Waals surface area contributed by atoms with Crippen LogP contribution in [-0.4, -0.2) is 51.2 Å². The number of aryl methyl sites for hydroxylation is 1. The van der Waals surface area contributed by atoms with Crippen LogP contribution in [0.5, 0.6) is 0 Å². The van der Waals surface area contributed by atoms with Crippen molar-refractivity contribution < 1.29 is 19.2 Å². The molecular formula is C23H28N3O3+. The van der Waals surface area contributed by atoms with Crippen LogP contribution in [0.25, 0.3) is 6.08 Å². The van der Waals surface area contributed by atoms with Crippen molar-refractivity contribution in [2.75, 3.05) is 39.4 Å². The molecule has 0 radical (unpaired) electrons. The van der Waals surface area contributed by atoms with E-state index in [1.54, 1.807) is 18.2 Å². The van der Waals surface area contributed by atoms with Gasteiger partial charge in [0, 0.05) is 5.56 Å². The van der Waals surface area contributed by atoms with E-state index < -0.39 is 0 Å². The average Bonchev–Trinajstić information content (AvgIpc) is 2.75. The Balaban J connectivity index is 1.67. The first-order valence-electron chi connectivity index (χ1n) is 9.96. The van der Waals surface area contributed by atoms with Crippen molar-refractivity contribution in [3.63, 3.8) is 0 Å². The molecule has 2 aromatic rings. The monoisotopic (exact) mass is 394 g/mol. The SMILES string of the molecule is Cc1ccc(C(=O)N/C(=C\c2ccccc2)C(=O)NCC[NH+]2CCOCC2)cc1. The van der Waals surface area contributed by atoms with Gasteiger partial charge < -0.3 is 20.3 Å². The molecule has 1 aliphatic rings. The van der Waals surface area contributed by atoms with Crippen molar-refractivity contribution in [1.82, 2.24) is 10.6 Å². The normalized spacial score (nSPS) is 15.0. The van der Waals surface area contributed by atoms with Crippen LogP contribution in [-0.2, 0) is 9.53 Å². The lowest BCUT2D eigenvalue weighted by Gasteiger charge is -2.23.